The van der Waals surface area contributed by atoms with E-state index >= 15 is 0 Å². The number of β-amino-alcohol motifs (C(OH)–C–C–N with tert-alkyl or cyclic N) is 1. The number of anilines is 1. The topological polar surface area (TPSA) is 89.1 Å². The molecule has 1 atom stereocenters. The van der Waals surface area contributed by atoms with E-state index in [1.54, 1.807) is 23.1 Å². The van der Waals surface area contributed by atoms with Gasteiger partial charge in [-0.05, 0) is 29.3 Å². The SMILES string of the molecule is CC(F)(F)c1ccn(Cn2cnc(N3CC=C(c4ccc(F)cc4)[C@@H](O)C3)nc2=O)n1. The molecule has 11 heteroatoms. The first-order valence-corrected chi connectivity index (χ1v) is 9.45. The minimum absolute atomic E-state index is 0.119. The lowest BCUT2D eigenvalue weighted by atomic mass is 9.97. The van der Waals surface area contributed by atoms with Crippen molar-refractivity contribution in [3.63, 3.8) is 0 Å². The maximum Gasteiger partial charge on any atom is 0.353 e. The molecule has 31 heavy (non-hydrogen) atoms. The Balaban J connectivity index is 1.49. The van der Waals surface area contributed by atoms with Crippen LogP contribution in [0.15, 0.2) is 53.7 Å². The maximum atomic E-state index is 13.3. The van der Waals surface area contributed by atoms with E-state index < -0.39 is 23.4 Å². The van der Waals surface area contributed by atoms with Crippen LogP contribution in [0.5, 0.6) is 0 Å². The van der Waals surface area contributed by atoms with Gasteiger partial charge in [-0.25, -0.2) is 14.2 Å². The van der Waals surface area contributed by atoms with Crippen LogP contribution in [-0.2, 0) is 12.6 Å². The fourth-order valence-corrected chi connectivity index (χ4v) is 3.27. The number of aromatic nitrogens is 5. The second-order valence-corrected chi connectivity index (χ2v) is 7.27. The van der Waals surface area contributed by atoms with E-state index in [1.807, 2.05) is 0 Å². The second kappa shape index (κ2) is 7.99. The van der Waals surface area contributed by atoms with Crippen molar-refractivity contribution in [2.45, 2.75) is 25.6 Å². The summed E-state index contributed by atoms with van der Waals surface area (Å²) >= 11 is 0. The third kappa shape index (κ3) is 4.50. The molecule has 0 radical (unpaired) electrons. The van der Waals surface area contributed by atoms with Gasteiger partial charge in [0.05, 0.1) is 12.6 Å². The van der Waals surface area contributed by atoms with E-state index in [2.05, 4.69) is 15.1 Å². The number of hydrogen-bond acceptors (Lipinski definition) is 6. The van der Waals surface area contributed by atoms with Crippen LogP contribution in [0.4, 0.5) is 19.1 Å². The lowest BCUT2D eigenvalue weighted by Gasteiger charge is -2.30. The predicted octanol–water partition coefficient (Wildman–Crippen LogP) is 1.86. The molecule has 4 rings (SSSR count). The van der Waals surface area contributed by atoms with Gasteiger partial charge in [0.25, 0.3) is 5.92 Å². The fourth-order valence-electron chi connectivity index (χ4n) is 3.27. The summed E-state index contributed by atoms with van der Waals surface area (Å²) in [6.45, 7) is 1.13. The Bertz CT molecular complexity index is 1170. The van der Waals surface area contributed by atoms with Crippen LogP contribution < -0.4 is 10.6 Å². The number of benzene rings is 1. The molecular formula is C20H19F3N6O2. The summed E-state index contributed by atoms with van der Waals surface area (Å²) in [6.07, 6.45) is 3.49. The highest BCUT2D eigenvalue weighted by molar-refractivity contribution is 5.71. The van der Waals surface area contributed by atoms with E-state index in [-0.39, 0.29) is 25.0 Å². The molecule has 1 aromatic carbocycles. The van der Waals surface area contributed by atoms with Crippen LogP contribution in [0.1, 0.15) is 18.2 Å². The van der Waals surface area contributed by atoms with Crippen molar-refractivity contribution in [1.82, 2.24) is 24.3 Å². The van der Waals surface area contributed by atoms with E-state index in [1.165, 1.54) is 35.4 Å². The Morgan fingerprint density at radius 2 is 1.97 bits per heavy atom. The molecule has 1 aliphatic heterocycles. The van der Waals surface area contributed by atoms with E-state index in [0.717, 1.165) is 11.5 Å². The minimum atomic E-state index is -3.08. The van der Waals surface area contributed by atoms with Gasteiger partial charge in [-0.15, -0.1) is 0 Å². The van der Waals surface area contributed by atoms with Gasteiger partial charge < -0.3 is 10.0 Å². The minimum Gasteiger partial charge on any atom is -0.387 e. The molecule has 0 spiro atoms. The molecule has 1 N–H and O–H groups in total. The van der Waals surface area contributed by atoms with E-state index in [0.29, 0.717) is 17.7 Å². The van der Waals surface area contributed by atoms with Crippen LogP contribution in [-0.4, -0.2) is 48.6 Å². The van der Waals surface area contributed by atoms with Crippen LogP contribution >= 0.6 is 0 Å². The summed E-state index contributed by atoms with van der Waals surface area (Å²) in [5.74, 6) is -3.30. The molecule has 8 nitrogen and oxygen atoms in total. The standard InChI is InChI=1S/C20H19F3N6O2/c1-20(22,23)17-7-9-29(26-17)12-28-11-24-18(25-19(28)31)27-8-6-15(16(30)10-27)13-2-4-14(21)5-3-13/h2-7,9,11,16,30H,8,10,12H2,1H3/t16-/m0/s1. The number of alkyl halides is 2. The zero-order valence-electron chi connectivity index (χ0n) is 16.5. The average molecular weight is 432 g/mol. The van der Waals surface area contributed by atoms with Gasteiger partial charge in [0.1, 0.15) is 24.5 Å². The summed E-state index contributed by atoms with van der Waals surface area (Å²) in [4.78, 5) is 22.1. The Labute approximate surface area is 174 Å². The molecule has 0 saturated heterocycles. The van der Waals surface area contributed by atoms with Gasteiger partial charge in [-0.3, -0.25) is 9.25 Å². The lowest BCUT2D eigenvalue weighted by Crippen LogP contribution is -2.40. The molecule has 0 unspecified atom stereocenters. The number of aliphatic hydroxyl groups is 1. The van der Waals surface area contributed by atoms with Crippen molar-refractivity contribution in [3.05, 3.63) is 76.5 Å². The third-order valence-corrected chi connectivity index (χ3v) is 4.89. The van der Waals surface area contributed by atoms with Crippen LogP contribution in [0, 0.1) is 5.82 Å². The van der Waals surface area contributed by atoms with Gasteiger partial charge >= 0.3 is 5.69 Å². The maximum absolute atomic E-state index is 13.3. The molecule has 3 aromatic rings. The quantitative estimate of drug-likeness (QED) is 0.662. The largest absolute Gasteiger partial charge is 0.387 e. The number of aliphatic hydroxyl groups excluding tert-OH is 1. The highest BCUT2D eigenvalue weighted by Crippen LogP contribution is 2.25. The molecule has 0 saturated carbocycles. The summed E-state index contributed by atoms with van der Waals surface area (Å²) in [5.41, 5.74) is 0.338. The molecule has 3 heterocycles. The summed E-state index contributed by atoms with van der Waals surface area (Å²) in [6, 6.07) is 7.00. The van der Waals surface area contributed by atoms with Gasteiger partial charge in [0.2, 0.25) is 5.95 Å². The van der Waals surface area contributed by atoms with Crippen molar-refractivity contribution >= 4 is 11.5 Å². The monoisotopic (exact) mass is 432 g/mol. The molecule has 0 aliphatic carbocycles. The molecule has 0 fully saturated rings. The summed E-state index contributed by atoms with van der Waals surface area (Å²) < 4.78 is 42.1. The Morgan fingerprint density at radius 3 is 2.58 bits per heavy atom. The van der Waals surface area contributed by atoms with Crippen molar-refractivity contribution in [3.8, 4) is 0 Å². The van der Waals surface area contributed by atoms with Crippen LogP contribution in [0.2, 0.25) is 0 Å². The first-order valence-electron chi connectivity index (χ1n) is 9.45. The fraction of sp³-hybridized carbons (Fsp3) is 0.300. The van der Waals surface area contributed by atoms with Gasteiger partial charge in [-0.2, -0.15) is 18.9 Å². The molecule has 162 valence electrons. The number of hydrogen-bond donors (Lipinski definition) is 1. The normalized spacial score (nSPS) is 17.0. The third-order valence-electron chi connectivity index (χ3n) is 4.89. The zero-order chi connectivity index (χ0) is 22.2. The van der Waals surface area contributed by atoms with Crippen LogP contribution in [0.25, 0.3) is 5.57 Å². The predicted molar refractivity (Wildman–Crippen MR) is 106 cm³/mol. The number of rotatable bonds is 5. The Morgan fingerprint density at radius 1 is 1.23 bits per heavy atom. The first-order chi connectivity index (χ1) is 14.7. The summed E-state index contributed by atoms with van der Waals surface area (Å²) in [7, 11) is 0. The van der Waals surface area contributed by atoms with E-state index in [4.69, 9.17) is 0 Å². The van der Waals surface area contributed by atoms with Crippen LogP contribution in [0.3, 0.4) is 0 Å². The van der Waals surface area contributed by atoms with Gasteiger partial charge in [0.15, 0.2) is 0 Å². The molecule has 0 amide bonds. The zero-order valence-corrected chi connectivity index (χ0v) is 16.5. The Kier molecular flexibility index (Phi) is 5.36. The second-order valence-electron chi connectivity index (χ2n) is 7.27. The number of halogens is 3. The molecule has 2 aromatic heterocycles. The average Bonchev–Trinajstić information content (AvgIpc) is 3.19. The highest BCUT2D eigenvalue weighted by atomic mass is 19.3. The van der Waals surface area contributed by atoms with Gasteiger partial charge in [-0.1, -0.05) is 18.2 Å². The summed E-state index contributed by atoms with van der Waals surface area (Å²) in [5, 5.41) is 14.3. The Hall–Kier alpha value is -3.47. The van der Waals surface area contributed by atoms with E-state index in [9.17, 15) is 23.1 Å². The highest BCUT2D eigenvalue weighted by Gasteiger charge is 2.27. The van der Waals surface area contributed by atoms with Crippen molar-refractivity contribution in [1.29, 1.82) is 0 Å². The van der Waals surface area contributed by atoms with Crippen molar-refractivity contribution in [2.75, 3.05) is 18.0 Å². The smallest absolute Gasteiger partial charge is 0.353 e. The molecule has 1 aliphatic rings. The first kappa shape index (κ1) is 20.8. The molecular weight excluding hydrogens is 413 g/mol. The van der Waals surface area contributed by atoms with Crippen molar-refractivity contribution in [2.24, 2.45) is 0 Å². The van der Waals surface area contributed by atoms with Gasteiger partial charge in [0, 0.05) is 19.7 Å². The lowest BCUT2D eigenvalue weighted by molar-refractivity contribution is 0.0120. The number of nitrogens with zero attached hydrogens (tertiary/aromatic N) is 6. The van der Waals surface area contributed by atoms with Crippen molar-refractivity contribution < 1.29 is 18.3 Å². The molecule has 0 bridgehead atoms.